The highest BCUT2D eigenvalue weighted by Crippen LogP contribution is 2.63. The second-order valence-corrected chi connectivity index (χ2v) is 4.92. The molecule has 0 aliphatic heterocycles. The van der Waals surface area contributed by atoms with Gasteiger partial charge in [0, 0.05) is 11.1 Å². The summed E-state index contributed by atoms with van der Waals surface area (Å²) in [5, 5.41) is 0. The minimum atomic E-state index is 0.298. The maximum atomic E-state index is 5.51. The predicted molar refractivity (Wildman–Crippen MR) is 50.0 cm³/mol. The standard InChI is InChI=1S/C10H18N2/c1-9(2)7-4-5-10(9,3)8(6-7)12-11/h6-7,12H,4-5,11H2,1-3H3/t7-,10-/m1/s1. The van der Waals surface area contributed by atoms with E-state index in [4.69, 9.17) is 5.84 Å². The van der Waals surface area contributed by atoms with Gasteiger partial charge in [0.15, 0.2) is 0 Å². The second-order valence-electron chi connectivity index (χ2n) is 4.92. The largest absolute Gasteiger partial charge is 0.328 e. The van der Waals surface area contributed by atoms with Gasteiger partial charge in [0.1, 0.15) is 0 Å². The summed E-state index contributed by atoms with van der Waals surface area (Å²) in [6.07, 6.45) is 4.93. The Balaban J connectivity index is 2.43. The van der Waals surface area contributed by atoms with Crippen molar-refractivity contribution in [3.05, 3.63) is 11.8 Å². The van der Waals surface area contributed by atoms with Crippen LogP contribution in [0.5, 0.6) is 0 Å². The van der Waals surface area contributed by atoms with Gasteiger partial charge in [0.2, 0.25) is 0 Å². The van der Waals surface area contributed by atoms with Gasteiger partial charge in [-0.1, -0.05) is 26.8 Å². The smallest absolute Gasteiger partial charge is 0.0287 e. The molecule has 0 amide bonds. The summed E-state index contributed by atoms with van der Waals surface area (Å²) in [5.74, 6) is 6.24. The molecule has 2 atom stereocenters. The van der Waals surface area contributed by atoms with Crippen molar-refractivity contribution in [1.29, 1.82) is 0 Å². The molecule has 2 heteroatoms. The normalized spacial score (nSPS) is 43.0. The van der Waals surface area contributed by atoms with Crippen LogP contribution in [0.3, 0.4) is 0 Å². The van der Waals surface area contributed by atoms with Gasteiger partial charge in [0.05, 0.1) is 0 Å². The molecule has 2 bridgehead atoms. The Kier molecular flexibility index (Phi) is 1.39. The highest BCUT2D eigenvalue weighted by molar-refractivity contribution is 5.29. The number of hydrazine groups is 1. The molecule has 12 heavy (non-hydrogen) atoms. The van der Waals surface area contributed by atoms with E-state index in [1.165, 1.54) is 18.5 Å². The molecule has 0 aromatic carbocycles. The van der Waals surface area contributed by atoms with Crippen LogP contribution in [0, 0.1) is 16.7 Å². The molecule has 2 aliphatic rings. The topological polar surface area (TPSA) is 38.0 Å². The van der Waals surface area contributed by atoms with Crippen molar-refractivity contribution in [3.8, 4) is 0 Å². The van der Waals surface area contributed by atoms with Gasteiger partial charge < -0.3 is 5.43 Å². The van der Waals surface area contributed by atoms with Crippen LogP contribution in [0.2, 0.25) is 0 Å². The molecule has 2 rings (SSSR count). The van der Waals surface area contributed by atoms with Gasteiger partial charge in [0.25, 0.3) is 0 Å². The van der Waals surface area contributed by atoms with E-state index in [0.29, 0.717) is 10.8 Å². The van der Waals surface area contributed by atoms with Crippen LogP contribution in [0.25, 0.3) is 0 Å². The van der Waals surface area contributed by atoms with E-state index in [2.05, 4.69) is 32.3 Å². The number of allylic oxidation sites excluding steroid dienone is 2. The van der Waals surface area contributed by atoms with Crippen LogP contribution < -0.4 is 11.3 Å². The van der Waals surface area contributed by atoms with Crippen LogP contribution in [-0.2, 0) is 0 Å². The van der Waals surface area contributed by atoms with E-state index in [1.807, 2.05) is 0 Å². The molecule has 2 aliphatic carbocycles. The lowest BCUT2D eigenvalue weighted by Gasteiger charge is -2.36. The molecule has 0 spiro atoms. The fourth-order valence-corrected chi connectivity index (χ4v) is 2.90. The summed E-state index contributed by atoms with van der Waals surface area (Å²) in [6, 6.07) is 0. The molecular formula is C10H18N2. The fourth-order valence-electron chi connectivity index (χ4n) is 2.90. The van der Waals surface area contributed by atoms with Crippen LogP contribution in [-0.4, -0.2) is 0 Å². The molecule has 0 radical (unpaired) electrons. The maximum Gasteiger partial charge on any atom is 0.0287 e. The minimum absolute atomic E-state index is 0.298. The van der Waals surface area contributed by atoms with Crippen LogP contribution in [0.4, 0.5) is 0 Å². The fraction of sp³-hybridized carbons (Fsp3) is 0.800. The van der Waals surface area contributed by atoms with Gasteiger partial charge >= 0.3 is 0 Å². The Morgan fingerprint density at radius 3 is 2.42 bits per heavy atom. The number of rotatable bonds is 1. The Labute approximate surface area is 74.2 Å². The molecule has 2 nitrogen and oxygen atoms in total. The predicted octanol–water partition coefficient (Wildman–Crippen LogP) is 1.79. The van der Waals surface area contributed by atoms with Gasteiger partial charge in [-0.05, 0) is 24.2 Å². The highest BCUT2D eigenvalue weighted by Gasteiger charge is 2.57. The van der Waals surface area contributed by atoms with Gasteiger partial charge in [-0.2, -0.15) is 0 Å². The zero-order valence-corrected chi connectivity index (χ0v) is 8.15. The van der Waals surface area contributed by atoms with Gasteiger partial charge in [-0.3, -0.25) is 5.84 Å². The molecule has 68 valence electrons. The molecule has 1 fully saturated rings. The first-order valence-electron chi connectivity index (χ1n) is 4.71. The van der Waals surface area contributed by atoms with Crippen LogP contribution in [0.1, 0.15) is 33.6 Å². The van der Waals surface area contributed by atoms with E-state index in [1.54, 1.807) is 0 Å². The van der Waals surface area contributed by atoms with Crippen molar-refractivity contribution >= 4 is 0 Å². The SMILES string of the molecule is CC1(C)[C@H]2C=C(NN)[C@@]1(C)CC2. The van der Waals surface area contributed by atoms with E-state index >= 15 is 0 Å². The third-order valence-electron chi connectivity index (χ3n) is 4.42. The maximum absolute atomic E-state index is 5.51. The van der Waals surface area contributed by atoms with Crippen LogP contribution >= 0.6 is 0 Å². The molecule has 3 N–H and O–H groups in total. The Morgan fingerprint density at radius 2 is 2.17 bits per heavy atom. The minimum Gasteiger partial charge on any atom is -0.328 e. The lowest BCUT2D eigenvalue weighted by molar-refractivity contribution is 0.164. The first-order valence-corrected chi connectivity index (χ1v) is 4.71. The lowest BCUT2D eigenvalue weighted by Crippen LogP contribution is -2.37. The van der Waals surface area contributed by atoms with Crippen molar-refractivity contribution in [2.24, 2.45) is 22.6 Å². The molecule has 1 saturated carbocycles. The highest BCUT2D eigenvalue weighted by atomic mass is 15.2. The van der Waals surface area contributed by atoms with Gasteiger partial charge in [-0.25, -0.2) is 0 Å². The van der Waals surface area contributed by atoms with Crippen LogP contribution in [0.15, 0.2) is 11.8 Å². The summed E-state index contributed by atoms with van der Waals surface area (Å²) in [6.45, 7) is 7.03. The Bertz CT molecular complexity index is 242. The average Bonchev–Trinajstić information content (AvgIpc) is 2.34. The van der Waals surface area contributed by atoms with Crippen molar-refractivity contribution in [2.45, 2.75) is 33.6 Å². The van der Waals surface area contributed by atoms with Crippen molar-refractivity contribution in [3.63, 3.8) is 0 Å². The third kappa shape index (κ3) is 0.650. The summed E-state index contributed by atoms with van der Waals surface area (Å²) >= 11 is 0. The number of hydrogen-bond donors (Lipinski definition) is 2. The summed E-state index contributed by atoms with van der Waals surface area (Å²) in [4.78, 5) is 0. The van der Waals surface area contributed by atoms with E-state index in [0.717, 1.165) is 5.92 Å². The molecule has 0 aromatic heterocycles. The second kappa shape index (κ2) is 2.05. The lowest BCUT2D eigenvalue weighted by atomic mass is 9.69. The van der Waals surface area contributed by atoms with E-state index in [-0.39, 0.29) is 0 Å². The van der Waals surface area contributed by atoms with Crippen molar-refractivity contribution < 1.29 is 0 Å². The molecule has 0 unspecified atom stereocenters. The number of nitrogens with one attached hydrogen (secondary N) is 1. The summed E-state index contributed by atoms with van der Waals surface area (Å²) in [5.41, 5.74) is 4.80. The van der Waals surface area contributed by atoms with Crippen molar-refractivity contribution in [1.82, 2.24) is 5.43 Å². The zero-order chi connectivity index (χ0) is 8.98. The van der Waals surface area contributed by atoms with E-state index in [9.17, 15) is 0 Å². The first-order chi connectivity index (χ1) is 5.52. The summed E-state index contributed by atoms with van der Waals surface area (Å²) in [7, 11) is 0. The van der Waals surface area contributed by atoms with Gasteiger partial charge in [-0.15, -0.1) is 0 Å². The molecule has 0 aromatic rings. The number of hydrogen-bond acceptors (Lipinski definition) is 2. The number of fused-ring (bicyclic) bond motifs is 2. The Hall–Kier alpha value is -0.500. The Morgan fingerprint density at radius 1 is 1.50 bits per heavy atom. The number of nitrogens with two attached hydrogens (primary N) is 1. The third-order valence-corrected chi connectivity index (χ3v) is 4.42. The average molecular weight is 166 g/mol. The summed E-state index contributed by atoms with van der Waals surface area (Å²) < 4.78 is 0. The zero-order valence-electron chi connectivity index (χ0n) is 8.15. The molecule has 0 saturated heterocycles. The van der Waals surface area contributed by atoms with E-state index < -0.39 is 0 Å². The molecular weight excluding hydrogens is 148 g/mol. The quantitative estimate of drug-likeness (QED) is 0.460. The van der Waals surface area contributed by atoms with Crippen molar-refractivity contribution in [2.75, 3.05) is 0 Å². The molecule has 0 heterocycles. The monoisotopic (exact) mass is 166 g/mol. The first kappa shape index (κ1) is 8.11.